The Morgan fingerprint density at radius 1 is 0.435 bits per heavy atom. The van der Waals surface area contributed by atoms with Crippen LogP contribution in [0.15, 0.2) is 60.7 Å². The lowest BCUT2D eigenvalue weighted by Gasteiger charge is -2.10. The van der Waals surface area contributed by atoms with E-state index in [1.165, 1.54) is 64.4 Å². The van der Waals surface area contributed by atoms with Crippen LogP contribution < -0.4 is 0 Å². The summed E-state index contributed by atoms with van der Waals surface area (Å²) in [5.74, 6) is 0. The molecule has 0 aromatic heterocycles. The van der Waals surface area contributed by atoms with E-state index in [1.807, 2.05) is 0 Å². The van der Waals surface area contributed by atoms with Gasteiger partial charge < -0.3 is 0 Å². The zero-order valence-corrected chi connectivity index (χ0v) is 13.3. The fourth-order valence-electron chi connectivity index (χ4n) is 4.11. The standard InChI is InChI=1S/C23H20/c1-2-6-16-10-20-14-22-12-18-8-4-5-9-19(18)13-23(22)15-21(20)11-17(16)7-3-1/h4-5,8-15H,1-3,6-7H2. The lowest BCUT2D eigenvalue weighted by atomic mass is 9.94. The molecule has 0 heterocycles. The monoisotopic (exact) mass is 296 g/mol. The lowest BCUT2D eigenvalue weighted by molar-refractivity contribution is 0.712. The van der Waals surface area contributed by atoms with Gasteiger partial charge in [-0.05, 0) is 93.4 Å². The average Bonchev–Trinajstić information content (AvgIpc) is 2.81. The molecule has 4 aromatic carbocycles. The molecule has 4 aromatic rings. The van der Waals surface area contributed by atoms with E-state index in [9.17, 15) is 0 Å². The van der Waals surface area contributed by atoms with E-state index in [4.69, 9.17) is 0 Å². The van der Waals surface area contributed by atoms with Gasteiger partial charge in [-0.1, -0.05) is 42.8 Å². The predicted molar refractivity (Wildman–Crippen MR) is 100 cm³/mol. The third-order valence-electron chi connectivity index (χ3n) is 5.37. The van der Waals surface area contributed by atoms with Crippen molar-refractivity contribution in [3.8, 4) is 0 Å². The van der Waals surface area contributed by atoms with Crippen molar-refractivity contribution in [2.45, 2.75) is 32.1 Å². The van der Waals surface area contributed by atoms with Crippen molar-refractivity contribution in [3.63, 3.8) is 0 Å². The molecular weight excluding hydrogens is 276 g/mol. The highest BCUT2D eigenvalue weighted by Crippen LogP contribution is 2.31. The molecule has 0 atom stereocenters. The summed E-state index contributed by atoms with van der Waals surface area (Å²) in [6.07, 6.45) is 6.56. The SMILES string of the molecule is c1ccc2cc3cc4cc5c(cc4cc3cc2c1)CCCCC5. The minimum atomic E-state index is 1.25. The Balaban J connectivity index is 1.80. The van der Waals surface area contributed by atoms with E-state index in [-0.39, 0.29) is 0 Å². The Kier molecular flexibility index (Phi) is 2.91. The van der Waals surface area contributed by atoms with Gasteiger partial charge in [-0.15, -0.1) is 0 Å². The zero-order valence-electron chi connectivity index (χ0n) is 13.3. The van der Waals surface area contributed by atoms with Crippen molar-refractivity contribution in [1.82, 2.24) is 0 Å². The molecule has 1 aliphatic rings. The first kappa shape index (κ1) is 13.1. The number of hydrogen-bond acceptors (Lipinski definition) is 0. The number of hydrogen-bond donors (Lipinski definition) is 0. The van der Waals surface area contributed by atoms with Gasteiger partial charge in [-0.3, -0.25) is 0 Å². The minimum absolute atomic E-state index is 1.25. The fourth-order valence-corrected chi connectivity index (χ4v) is 4.11. The molecule has 0 nitrogen and oxygen atoms in total. The van der Waals surface area contributed by atoms with Gasteiger partial charge in [0, 0.05) is 0 Å². The second-order valence-corrected chi connectivity index (χ2v) is 6.93. The molecule has 0 aliphatic heterocycles. The van der Waals surface area contributed by atoms with Gasteiger partial charge in [-0.2, -0.15) is 0 Å². The highest BCUT2D eigenvalue weighted by Gasteiger charge is 2.10. The van der Waals surface area contributed by atoms with Crippen molar-refractivity contribution >= 4 is 32.3 Å². The summed E-state index contributed by atoms with van der Waals surface area (Å²) in [6, 6.07) is 23.0. The van der Waals surface area contributed by atoms with E-state index in [1.54, 1.807) is 11.1 Å². The summed E-state index contributed by atoms with van der Waals surface area (Å²) < 4.78 is 0. The van der Waals surface area contributed by atoms with Gasteiger partial charge in [0.2, 0.25) is 0 Å². The smallest absolute Gasteiger partial charge is 0.0171 e. The maximum absolute atomic E-state index is 2.45. The van der Waals surface area contributed by atoms with Gasteiger partial charge in [0.25, 0.3) is 0 Å². The van der Waals surface area contributed by atoms with Crippen LogP contribution in [0.25, 0.3) is 32.3 Å². The van der Waals surface area contributed by atoms with Crippen LogP contribution in [0.1, 0.15) is 30.4 Å². The van der Waals surface area contributed by atoms with Crippen LogP contribution >= 0.6 is 0 Å². The van der Waals surface area contributed by atoms with Crippen molar-refractivity contribution in [2.75, 3.05) is 0 Å². The molecule has 0 fully saturated rings. The molecule has 0 radical (unpaired) electrons. The molecule has 0 bridgehead atoms. The summed E-state index contributed by atoms with van der Waals surface area (Å²) in [5.41, 5.74) is 3.16. The highest BCUT2D eigenvalue weighted by atomic mass is 14.1. The molecule has 0 saturated heterocycles. The summed E-state index contributed by atoms with van der Waals surface area (Å²) in [6.45, 7) is 0. The van der Waals surface area contributed by atoms with Gasteiger partial charge in [-0.25, -0.2) is 0 Å². The quantitative estimate of drug-likeness (QED) is 0.259. The van der Waals surface area contributed by atoms with Crippen LogP contribution in [-0.4, -0.2) is 0 Å². The lowest BCUT2D eigenvalue weighted by Crippen LogP contribution is -1.91. The Labute approximate surface area is 136 Å². The molecule has 0 unspecified atom stereocenters. The summed E-state index contributed by atoms with van der Waals surface area (Å²) in [7, 11) is 0. The maximum atomic E-state index is 2.45. The zero-order chi connectivity index (χ0) is 15.2. The second kappa shape index (κ2) is 5.09. The van der Waals surface area contributed by atoms with Gasteiger partial charge in [0.15, 0.2) is 0 Å². The third kappa shape index (κ3) is 2.21. The van der Waals surface area contributed by atoms with E-state index >= 15 is 0 Å². The molecule has 5 rings (SSSR count). The van der Waals surface area contributed by atoms with E-state index in [0.29, 0.717) is 0 Å². The molecule has 23 heavy (non-hydrogen) atoms. The largest absolute Gasteiger partial charge is 0.0616 e. The Hall–Kier alpha value is -2.34. The topological polar surface area (TPSA) is 0 Å². The molecule has 0 N–H and O–H groups in total. The third-order valence-corrected chi connectivity index (χ3v) is 5.37. The number of rotatable bonds is 0. The van der Waals surface area contributed by atoms with Crippen LogP contribution in [-0.2, 0) is 12.8 Å². The first-order chi connectivity index (χ1) is 11.4. The number of aryl methyl sites for hydroxylation is 2. The summed E-state index contributed by atoms with van der Waals surface area (Å²) in [4.78, 5) is 0. The average molecular weight is 296 g/mol. The van der Waals surface area contributed by atoms with Crippen molar-refractivity contribution in [2.24, 2.45) is 0 Å². The molecule has 0 saturated carbocycles. The molecule has 0 spiro atoms. The molecule has 1 aliphatic carbocycles. The Morgan fingerprint density at radius 2 is 0.870 bits per heavy atom. The molecule has 0 heteroatoms. The fraction of sp³-hybridized carbons (Fsp3) is 0.217. The normalized spacial score (nSPS) is 15.0. The Bertz CT molecular complexity index is 956. The highest BCUT2D eigenvalue weighted by molar-refractivity contribution is 6.04. The van der Waals surface area contributed by atoms with Crippen molar-refractivity contribution in [3.05, 3.63) is 71.8 Å². The van der Waals surface area contributed by atoms with Gasteiger partial charge in [0.05, 0.1) is 0 Å². The van der Waals surface area contributed by atoms with Crippen LogP contribution in [0.3, 0.4) is 0 Å². The summed E-state index contributed by atoms with van der Waals surface area (Å²) >= 11 is 0. The van der Waals surface area contributed by atoms with E-state index < -0.39 is 0 Å². The van der Waals surface area contributed by atoms with Crippen LogP contribution in [0, 0.1) is 0 Å². The number of benzene rings is 4. The predicted octanol–water partition coefficient (Wildman–Crippen LogP) is 6.42. The molecular formula is C23H20. The van der Waals surface area contributed by atoms with Gasteiger partial charge >= 0.3 is 0 Å². The first-order valence-corrected chi connectivity index (χ1v) is 8.75. The minimum Gasteiger partial charge on any atom is -0.0616 e. The van der Waals surface area contributed by atoms with E-state index in [2.05, 4.69) is 60.7 Å². The van der Waals surface area contributed by atoms with Crippen molar-refractivity contribution < 1.29 is 0 Å². The number of fused-ring (bicyclic) bond motifs is 4. The molecule has 112 valence electrons. The maximum Gasteiger partial charge on any atom is -0.0171 e. The Morgan fingerprint density at radius 3 is 1.39 bits per heavy atom. The second-order valence-electron chi connectivity index (χ2n) is 6.93. The van der Waals surface area contributed by atoms with Crippen LogP contribution in [0.4, 0.5) is 0 Å². The van der Waals surface area contributed by atoms with Gasteiger partial charge in [0.1, 0.15) is 0 Å². The summed E-state index contributed by atoms with van der Waals surface area (Å²) in [5, 5.41) is 8.15. The first-order valence-electron chi connectivity index (χ1n) is 8.75. The molecule has 0 amide bonds. The van der Waals surface area contributed by atoms with Crippen LogP contribution in [0.2, 0.25) is 0 Å². The van der Waals surface area contributed by atoms with Crippen LogP contribution in [0.5, 0.6) is 0 Å². The van der Waals surface area contributed by atoms with Crippen molar-refractivity contribution in [1.29, 1.82) is 0 Å². The van der Waals surface area contributed by atoms with E-state index in [0.717, 1.165) is 0 Å².